The Morgan fingerprint density at radius 1 is 1.40 bits per heavy atom. The van der Waals surface area contributed by atoms with E-state index in [1.807, 2.05) is 11.8 Å². The molecular weight excluding hydrogens is 290 g/mol. The van der Waals surface area contributed by atoms with Crippen molar-refractivity contribution in [2.45, 2.75) is 30.9 Å². The summed E-state index contributed by atoms with van der Waals surface area (Å²) in [6.45, 7) is 0.857. The van der Waals surface area contributed by atoms with Crippen LogP contribution in [0.1, 0.15) is 19.3 Å². The number of rotatable bonds is 2. The molecule has 2 aromatic rings. The van der Waals surface area contributed by atoms with Crippen LogP contribution in [0.5, 0.6) is 0 Å². The van der Waals surface area contributed by atoms with E-state index in [-0.39, 0.29) is 5.60 Å². The third kappa shape index (κ3) is 2.29. The number of hydrogen-bond acceptors (Lipinski definition) is 6. The molecule has 4 nitrogen and oxygen atoms in total. The molecular formula is C14H17N3OS2. The lowest BCUT2D eigenvalue weighted by Gasteiger charge is -2.38. The van der Waals surface area contributed by atoms with Gasteiger partial charge in [0.1, 0.15) is 17.0 Å². The Morgan fingerprint density at radius 2 is 2.40 bits per heavy atom. The second-order valence-electron chi connectivity index (χ2n) is 5.53. The number of thiophene rings is 1. The molecule has 1 spiro atoms. The first-order valence-electron chi connectivity index (χ1n) is 7.01. The Morgan fingerprint density at radius 3 is 3.30 bits per heavy atom. The Hall–Kier alpha value is -0.850. The molecule has 0 unspecified atom stereocenters. The molecule has 2 aromatic heterocycles. The first kappa shape index (κ1) is 12.9. The van der Waals surface area contributed by atoms with Gasteiger partial charge in [-0.15, -0.1) is 11.3 Å². The molecule has 0 bridgehead atoms. The number of hydrogen-bond donors (Lipinski definition) is 1. The van der Waals surface area contributed by atoms with E-state index < -0.39 is 0 Å². The topological polar surface area (TPSA) is 47.0 Å². The Balaban J connectivity index is 1.55. The van der Waals surface area contributed by atoms with Gasteiger partial charge < -0.3 is 10.1 Å². The summed E-state index contributed by atoms with van der Waals surface area (Å²) in [7, 11) is 0. The van der Waals surface area contributed by atoms with Crippen LogP contribution in [0.2, 0.25) is 0 Å². The maximum Gasteiger partial charge on any atom is 0.138 e. The van der Waals surface area contributed by atoms with Gasteiger partial charge in [0.15, 0.2) is 0 Å². The summed E-state index contributed by atoms with van der Waals surface area (Å²) >= 11 is 3.68. The summed E-state index contributed by atoms with van der Waals surface area (Å²) in [5.74, 6) is 3.35. The molecule has 2 aliphatic heterocycles. The van der Waals surface area contributed by atoms with Gasteiger partial charge in [-0.2, -0.15) is 11.8 Å². The second-order valence-corrected chi connectivity index (χ2v) is 7.53. The lowest BCUT2D eigenvalue weighted by atomic mass is 9.90. The number of nitrogens with zero attached hydrogens (tertiary/aromatic N) is 2. The fourth-order valence-electron chi connectivity index (χ4n) is 3.11. The molecule has 0 aliphatic carbocycles. The van der Waals surface area contributed by atoms with Crippen LogP contribution >= 0.6 is 23.1 Å². The normalized spacial score (nSPS) is 30.1. The second kappa shape index (κ2) is 5.16. The van der Waals surface area contributed by atoms with Crippen molar-refractivity contribution < 1.29 is 4.74 Å². The van der Waals surface area contributed by atoms with Crippen LogP contribution < -0.4 is 5.32 Å². The van der Waals surface area contributed by atoms with Crippen LogP contribution in [0.4, 0.5) is 5.82 Å². The Bertz CT molecular complexity index is 609. The van der Waals surface area contributed by atoms with Crippen LogP contribution in [-0.2, 0) is 4.74 Å². The number of nitrogens with one attached hydrogen (secondary N) is 1. The monoisotopic (exact) mass is 307 g/mol. The highest BCUT2D eigenvalue weighted by molar-refractivity contribution is 7.99. The molecule has 4 heterocycles. The summed E-state index contributed by atoms with van der Waals surface area (Å²) in [5.41, 5.74) is 0.112. The molecule has 2 fully saturated rings. The van der Waals surface area contributed by atoms with Crippen molar-refractivity contribution in [2.24, 2.45) is 0 Å². The van der Waals surface area contributed by atoms with Gasteiger partial charge in [-0.25, -0.2) is 9.97 Å². The van der Waals surface area contributed by atoms with E-state index in [0.717, 1.165) is 41.2 Å². The van der Waals surface area contributed by atoms with Crippen LogP contribution in [0.25, 0.3) is 10.2 Å². The van der Waals surface area contributed by atoms with Crippen molar-refractivity contribution in [3.05, 3.63) is 17.8 Å². The first-order chi connectivity index (χ1) is 9.85. The van der Waals surface area contributed by atoms with Crippen LogP contribution in [0.15, 0.2) is 17.8 Å². The van der Waals surface area contributed by atoms with Gasteiger partial charge in [0.25, 0.3) is 0 Å². The minimum atomic E-state index is 0.112. The van der Waals surface area contributed by atoms with Gasteiger partial charge in [0, 0.05) is 18.4 Å². The zero-order valence-corrected chi connectivity index (χ0v) is 12.8. The highest BCUT2D eigenvalue weighted by Crippen LogP contribution is 2.39. The average Bonchev–Trinajstić information content (AvgIpc) is 3.09. The molecule has 0 amide bonds. The van der Waals surface area contributed by atoms with Gasteiger partial charge in [-0.3, -0.25) is 0 Å². The summed E-state index contributed by atoms with van der Waals surface area (Å²) in [6.07, 6.45) is 4.99. The van der Waals surface area contributed by atoms with E-state index in [9.17, 15) is 0 Å². The van der Waals surface area contributed by atoms with Gasteiger partial charge >= 0.3 is 0 Å². The minimum absolute atomic E-state index is 0.112. The molecule has 20 heavy (non-hydrogen) atoms. The highest BCUT2D eigenvalue weighted by Gasteiger charge is 2.40. The van der Waals surface area contributed by atoms with E-state index in [4.69, 9.17) is 4.74 Å². The van der Waals surface area contributed by atoms with Crippen molar-refractivity contribution in [1.82, 2.24) is 9.97 Å². The van der Waals surface area contributed by atoms with Crippen molar-refractivity contribution in [3.8, 4) is 0 Å². The number of thioether (sulfide) groups is 1. The standard InChI is InChI=1S/C14H17N3OS2/c1-4-18-14(3-6-19-8-14)7-10(1)17-12-11-2-5-20-13(11)16-9-15-12/h2,5,9-10H,1,3-4,6-8H2,(H,15,16,17)/t10-,14-/m1/s1. The molecule has 0 aromatic carbocycles. The highest BCUT2D eigenvalue weighted by atomic mass is 32.2. The van der Waals surface area contributed by atoms with E-state index in [1.54, 1.807) is 17.7 Å². The van der Waals surface area contributed by atoms with Crippen molar-refractivity contribution >= 4 is 39.1 Å². The minimum Gasteiger partial charge on any atom is -0.374 e. The SMILES string of the molecule is c1nc(N[C@@H]2CCO[C@]3(CCSC3)C2)c2ccsc2n1. The Labute approximate surface area is 126 Å². The molecule has 0 radical (unpaired) electrons. The molecule has 4 rings (SSSR count). The number of fused-ring (bicyclic) bond motifs is 1. The molecule has 2 saturated heterocycles. The lowest BCUT2D eigenvalue weighted by molar-refractivity contribution is -0.0628. The fraction of sp³-hybridized carbons (Fsp3) is 0.571. The molecule has 2 aliphatic rings. The summed E-state index contributed by atoms with van der Waals surface area (Å²) in [5, 5.41) is 6.84. The zero-order chi connectivity index (χ0) is 13.4. The van der Waals surface area contributed by atoms with Crippen LogP contribution in [0, 0.1) is 0 Å². The van der Waals surface area contributed by atoms with E-state index in [0.29, 0.717) is 6.04 Å². The van der Waals surface area contributed by atoms with E-state index in [1.165, 1.54) is 12.2 Å². The smallest absolute Gasteiger partial charge is 0.138 e. The number of ether oxygens (including phenoxy) is 1. The predicted molar refractivity (Wildman–Crippen MR) is 84.7 cm³/mol. The number of anilines is 1. The summed E-state index contributed by atoms with van der Waals surface area (Å²) < 4.78 is 6.08. The zero-order valence-electron chi connectivity index (χ0n) is 11.2. The van der Waals surface area contributed by atoms with E-state index >= 15 is 0 Å². The molecule has 106 valence electrons. The van der Waals surface area contributed by atoms with E-state index in [2.05, 4.69) is 26.7 Å². The quantitative estimate of drug-likeness (QED) is 0.923. The third-order valence-corrected chi connectivity index (χ3v) is 6.21. The summed E-state index contributed by atoms with van der Waals surface area (Å²) in [4.78, 5) is 9.79. The van der Waals surface area contributed by atoms with Gasteiger partial charge in [-0.1, -0.05) is 0 Å². The number of aromatic nitrogens is 2. The van der Waals surface area contributed by atoms with Gasteiger partial charge in [-0.05, 0) is 36.5 Å². The molecule has 0 saturated carbocycles. The first-order valence-corrected chi connectivity index (χ1v) is 9.05. The fourth-order valence-corrected chi connectivity index (χ4v) is 5.22. The third-order valence-electron chi connectivity index (χ3n) is 4.16. The van der Waals surface area contributed by atoms with Crippen molar-refractivity contribution in [3.63, 3.8) is 0 Å². The maximum atomic E-state index is 6.08. The molecule has 1 N–H and O–H groups in total. The largest absolute Gasteiger partial charge is 0.374 e. The van der Waals surface area contributed by atoms with Crippen molar-refractivity contribution in [1.29, 1.82) is 0 Å². The van der Waals surface area contributed by atoms with Gasteiger partial charge in [0.05, 0.1) is 11.0 Å². The lowest BCUT2D eigenvalue weighted by Crippen LogP contribution is -2.44. The molecule has 2 atom stereocenters. The Kier molecular flexibility index (Phi) is 3.32. The van der Waals surface area contributed by atoms with Crippen LogP contribution in [0.3, 0.4) is 0 Å². The predicted octanol–water partition coefficient (Wildman–Crippen LogP) is 3.16. The van der Waals surface area contributed by atoms with Gasteiger partial charge in [0.2, 0.25) is 0 Å². The van der Waals surface area contributed by atoms with Crippen LogP contribution in [-0.4, -0.2) is 39.7 Å². The molecule has 6 heteroatoms. The average molecular weight is 307 g/mol. The maximum absolute atomic E-state index is 6.08. The van der Waals surface area contributed by atoms with Crippen molar-refractivity contribution in [2.75, 3.05) is 23.4 Å². The summed E-state index contributed by atoms with van der Waals surface area (Å²) in [6, 6.07) is 2.56.